The van der Waals surface area contributed by atoms with Crippen molar-refractivity contribution in [2.75, 3.05) is 0 Å². The third-order valence-electron chi connectivity index (χ3n) is 4.74. The van der Waals surface area contributed by atoms with Gasteiger partial charge in [0.05, 0.1) is 22.6 Å². The highest BCUT2D eigenvalue weighted by Gasteiger charge is 2.28. The maximum Gasteiger partial charge on any atom is 0.144 e. The van der Waals surface area contributed by atoms with Crippen molar-refractivity contribution >= 4 is 12.1 Å². The number of imidazole rings is 1. The van der Waals surface area contributed by atoms with Crippen LogP contribution in [0.4, 0.5) is 3.89 Å². The van der Waals surface area contributed by atoms with Crippen LogP contribution >= 0.6 is 12.1 Å². The topological polar surface area (TPSA) is 30.7 Å². The van der Waals surface area contributed by atoms with Crippen molar-refractivity contribution in [2.24, 2.45) is 0 Å². The minimum Gasteiger partial charge on any atom is -0.299 e. The van der Waals surface area contributed by atoms with Crippen molar-refractivity contribution in [1.82, 2.24) is 14.5 Å². The number of aromatic nitrogens is 3. The van der Waals surface area contributed by atoms with Crippen LogP contribution in [-0.4, -0.2) is 14.5 Å². The molecular formula is C21H24FN3S. The Morgan fingerprint density at radius 3 is 2.46 bits per heavy atom. The van der Waals surface area contributed by atoms with E-state index in [1.165, 1.54) is 16.7 Å². The first-order chi connectivity index (χ1) is 12.4. The molecule has 0 N–H and O–H groups in total. The smallest absolute Gasteiger partial charge is 0.144 e. The van der Waals surface area contributed by atoms with Crippen molar-refractivity contribution in [3.05, 3.63) is 65.2 Å². The molecule has 3 aromatic rings. The third kappa shape index (κ3) is 3.28. The second kappa shape index (κ2) is 7.23. The maximum atomic E-state index is 13.6. The van der Waals surface area contributed by atoms with Crippen molar-refractivity contribution < 1.29 is 3.89 Å². The SMILES string of the molecule is CCc1cc(C)c(-n2ccnc2-c2ccncc2C(C)(C)SF)c(C)c1. The highest BCUT2D eigenvalue weighted by molar-refractivity contribution is 7.95. The summed E-state index contributed by atoms with van der Waals surface area (Å²) in [5.41, 5.74) is 6.60. The summed E-state index contributed by atoms with van der Waals surface area (Å²) >= 11 is 0.327. The normalized spacial score (nSPS) is 11.8. The number of hydrogen-bond acceptors (Lipinski definition) is 3. The molecule has 0 saturated heterocycles. The van der Waals surface area contributed by atoms with Gasteiger partial charge in [0.1, 0.15) is 5.82 Å². The van der Waals surface area contributed by atoms with Crippen molar-refractivity contribution in [3.63, 3.8) is 0 Å². The molecule has 2 aromatic heterocycles. The Labute approximate surface area is 159 Å². The van der Waals surface area contributed by atoms with Gasteiger partial charge in [-0.3, -0.25) is 9.55 Å². The second-order valence-corrected chi connectivity index (χ2v) is 8.24. The van der Waals surface area contributed by atoms with Crippen molar-refractivity contribution in [2.45, 2.75) is 45.8 Å². The van der Waals surface area contributed by atoms with Crippen LogP contribution in [0.3, 0.4) is 0 Å². The number of nitrogens with zero attached hydrogens (tertiary/aromatic N) is 3. The third-order valence-corrected chi connectivity index (χ3v) is 5.35. The minimum atomic E-state index is -0.698. The summed E-state index contributed by atoms with van der Waals surface area (Å²) in [7, 11) is 0. The van der Waals surface area contributed by atoms with E-state index in [0.29, 0.717) is 12.1 Å². The largest absolute Gasteiger partial charge is 0.299 e. The van der Waals surface area contributed by atoms with Gasteiger partial charge in [-0.25, -0.2) is 4.98 Å². The Morgan fingerprint density at radius 1 is 1.15 bits per heavy atom. The quantitative estimate of drug-likeness (QED) is 0.555. The average molecular weight is 370 g/mol. The Balaban J connectivity index is 2.22. The molecule has 0 amide bonds. The van der Waals surface area contributed by atoms with Crippen LogP contribution in [0.2, 0.25) is 0 Å². The molecule has 0 aliphatic heterocycles. The van der Waals surface area contributed by atoms with E-state index in [2.05, 4.69) is 47.4 Å². The summed E-state index contributed by atoms with van der Waals surface area (Å²) in [5, 5.41) is 0. The molecule has 0 unspecified atom stereocenters. The van der Waals surface area contributed by atoms with Gasteiger partial charge in [0.2, 0.25) is 0 Å². The predicted molar refractivity (Wildman–Crippen MR) is 107 cm³/mol. The van der Waals surface area contributed by atoms with Gasteiger partial charge in [0.15, 0.2) is 0 Å². The fraction of sp³-hybridized carbons (Fsp3) is 0.333. The fourth-order valence-electron chi connectivity index (χ4n) is 3.42. The van der Waals surface area contributed by atoms with Gasteiger partial charge in [-0.1, -0.05) is 19.1 Å². The Morgan fingerprint density at radius 2 is 1.85 bits per heavy atom. The molecule has 0 spiro atoms. The Kier molecular flexibility index (Phi) is 5.19. The van der Waals surface area contributed by atoms with E-state index in [0.717, 1.165) is 29.1 Å². The second-order valence-electron chi connectivity index (χ2n) is 7.06. The molecule has 26 heavy (non-hydrogen) atoms. The molecule has 3 nitrogen and oxygen atoms in total. The minimum absolute atomic E-state index is 0.327. The van der Waals surface area contributed by atoms with Crippen LogP contribution in [0.15, 0.2) is 43.0 Å². The van der Waals surface area contributed by atoms with Gasteiger partial charge in [-0.2, -0.15) is 3.89 Å². The number of rotatable bonds is 5. The van der Waals surface area contributed by atoms with Crippen LogP contribution in [0.5, 0.6) is 0 Å². The predicted octanol–water partition coefficient (Wildman–Crippen LogP) is 5.97. The zero-order valence-electron chi connectivity index (χ0n) is 15.9. The van der Waals surface area contributed by atoms with Gasteiger partial charge in [0.25, 0.3) is 0 Å². The van der Waals surface area contributed by atoms with Crippen LogP contribution in [0.1, 0.15) is 43.0 Å². The van der Waals surface area contributed by atoms with E-state index in [1.807, 2.05) is 26.1 Å². The molecule has 0 saturated carbocycles. The van der Waals surface area contributed by atoms with Crippen LogP contribution in [0, 0.1) is 13.8 Å². The molecule has 1 aromatic carbocycles. The Bertz CT molecular complexity index is 908. The van der Waals surface area contributed by atoms with E-state index in [-0.39, 0.29) is 0 Å². The first-order valence-corrected chi connectivity index (χ1v) is 9.49. The summed E-state index contributed by atoms with van der Waals surface area (Å²) in [4.78, 5) is 8.81. The fourth-order valence-corrected chi connectivity index (χ4v) is 3.67. The molecule has 0 fully saturated rings. The molecule has 0 radical (unpaired) electrons. The lowest BCUT2D eigenvalue weighted by Crippen LogP contribution is -2.14. The molecule has 0 atom stereocenters. The highest BCUT2D eigenvalue weighted by atomic mass is 32.2. The van der Waals surface area contributed by atoms with Crippen LogP contribution in [-0.2, 0) is 11.2 Å². The van der Waals surface area contributed by atoms with Crippen molar-refractivity contribution in [3.8, 4) is 17.1 Å². The standard InChI is InChI=1S/C21H24FN3S/c1-6-16-11-14(2)19(15(3)12-16)25-10-9-24-20(25)17-7-8-23-13-18(17)21(4,5)26-22/h7-13H,6H2,1-5H3. The lowest BCUT2D eigenvalue weighted by Gasteiger charge is -2.23. The summed E-state index contributed by atoms with van der Waals surface area (Å²) in [6, 6.07) is 6.36. The number of hydrogen-bond donors (Lipinski definition) is 0. The Hall–Kier alpha value is -2.14. The molecule has 0 aliphatic rings. The highest BCUT2D eigenvalue weighted by Crippen LogP contribution is 2.41. The molecule has 136 valence electrons. The number of aryl methyl sites for hydroxylation is 3. The zero-order valence-corrected chi connectivity index (χ0v) is 16.7. The zero-order chi connectivity index (χ0) is 18.9. The van der Waals surface area contributed by atoms with Gasteiger partial charge in [0, 0.05) is 30.4 Å². The summed E-state index contributed by atoms with van der Waals surface area (Å²) < 4.78 is 15.0. The van der Waals surface area contributed by atoms with Crippen LogP contribution < -0.4 is 0 Å². The monoisotopic (exact) mass is 369 g/mol. The lowest BCUT2D eigenvalue weighted by atomic mass is 9.97. The van der Waals surface area contributed by atoms with Crippen LogP contribution in [0.25, 0.3) is 17.1 Å². The summed E-state index contributed by atoms with van der Waals surface area (Å²) in [5.74, 6) is 0.806. The van der Waals surface area contributed by atoms with E-state index < -0.39 is 4.75 Å². The van der Waals surface area contributed by atoms with E-state index in [9.17, 15) is 3.89 Å². The summed E-state index contributed by atoms with van der Waals surface area (Å²) in [6.07, 6.45) is 8.24. The molecule has 5 heteroatoms. The van der Waals surface area contributed by atoms with E-state index >= 15 is 0 Å². The molecule has 0 aliphatic carbocycles. The van der Waals surface area contributed by atoms with Gasteiger partial charge in [-0.05, 0) is 62.4 Å². The summed E-state index contributed by atoms with van der Waals surface area (Å²) in [6.45, 7) is 10.1. The van der Waals surface area contributed by atoms with Gasteiger partial charge in [-0.15, -0.1) is 0 Å². The first kappa shape index (κ1) is 18.6. The van der Waals surface area contributed by atoms with Gasteiger partial charge < -0.3 is 0 Å². The van der Waals surface area contributed by atoms with Crippen molar-refractivity contribution in [1.29, 1.82) is 0 Å². The van der Waals surface area contributed by atoms with E-state index in [1.54, 1.807) is 18.6 Å². The molecule has 0 bridgehead atoms. The number of benzene rings is 1. The van der Waals surface area contributed by atoms with E-state index in [4.69, 9.17) is 0 Å². The lowest BCUT2D eigenvalue weighted by molar-refractivity contribution is 0.738. The maximum absolute atomic E-state index is 13.6. The number of halogens is 1. The number of pyridine rings is 1. The first-order valence-electron chi connectivity index (χ1n) is 8.77. The van der Waals surface area contributed by atoms with Gasteiger partial charge >= 0.3 is 0 Å². The average Bonchev–Trinajstić information content (AvgIpc) is 3.10. The molecular weight excluding hydrogens is 345 g/mol. The molecule has 2 heterocycles. The molecule has 3 rings (SSSR count).